The lowest BCUT2D eigenvalue weighted by molar-refractivity contribution is 0.156. The Kier molecular flexibility index (Phi) is 6.15. The number of hydrogen-bond acceptors (Lipinski definition) is 3. The van der Waals surface area contributed by atoms with Gasteiger partial charge < -0.3 is 19.6 Å². The van der Waals surface area contributed by atoms with E-state index in [9.17, 15) is 4.79 Å². The summed E-state index contributed by atoms with van der Waals surface area (Å²) in [5, 5.41) is 8.77. The molecule has 1 aromatic rings. The number of nitrogens with zero attached hydrogens (tertiary/aromatic N) is 2. The first-order valence-electron chi connectivity index (χ1n) is 6.27. The number of carboxylic acid groups (broad SMARTS) is 1. The lowest BCUT2D eigenvalue weighted by atomic mass is 10.1. The molecule has 0 aliphatic carbocycles. The zero-order chi connectivity index (χ0) is 14.3. The molecule has 0 bridgehead atoms. The maximum atomic E-state index is 10.7. The molecular weight excluding hydrogens is 244 g/mol. The van der Waals surface area contributed by atoms with Crippen LogP contribution in [-0.2, 0) is 11.2 Å². The van der Waals surface area contributed by atoms with E-state index in [0.29, 0.717) is 13.2 Å². The fraction of sp³-hybridized carbons (Fsp3) is 0.500. The van der Waals surface area contributed by atoms with Crippen LogP contribution in [0.15, 0.2) is 24.3 Å². The maximum absolute atomic E-state index is 10.7. The van der Waals surface area contributed by atoms with E-state index in [4.69, 9.17) is 9.84 Å². The number of carbonyl (C=O) groups is 1. The Morgan fingerprint density at radius 2 is 1.84 bits per heavy atom. The van der Waals surface area contributed by atoms with Gasteiger partial charge in [0.25, 0.3) is 0 Å². The average molecular weight is 266 g/mol. The first kappa shape index (κ1) is 15.3. The molecule has 0 radical (unpaired) electrons. The van der Waals surface area contributed by atoms with E-state index in [1.54, 1.807) is 14.2 Å². The molecule has 5 heteroatoms. The first-order chi connectivity index (χ1) is 9.04. The summed E-state index contributed by atoms with van der Waals surface area (Å²) in [5.74, 6) is 0. The number of anilines is 1. The molecule has 0 atom stereocenters. The molecule has 0 aliphatic heterocycles. The molecule has 0 heterocycles. The highest BCUT2D eigenvalue weighted by Crippen LogP contribution is 2.14. The smallest absolute Gasteiger partial charge is 0.407 e. The Morgan fingerprint density at radius 3 is 2.37 bits per heavy atom. The first-order valence-corrected chi connectivity index (χ1v) is 6.27. The third-order valence-electron chi connectivity index (χ3n) is 3.07. The van der Waals surface area contributed by atoms with Gasteiger partial charge in [-0.3, -0.25) is 0 Å². The van der Waals surface area contributed by atoms with Crippen LogP contribution in [-0.4, -0.2) is 57.0 Å². The molecule has 19 heavy (non-hydrogen) atoms. The second kappa shape index (κ2) is 7.63. The van der Waals surface area contributed by atoms with Gasteiger partial charge in [-0.1, -0.05) is 12.1 Å². The van der Waals surface area contributed by atoms with Crippen LogP contribution in [0.25, 0.3) is 0 Å². The van der Waals surface area contributed by atoms with Crippen LogP contribution >= 0.6 is 0 Å². The van der Waals surface area contributed by atoms with E-state index in [1.165, 1.54) is 4.90 Å². The van der Waals surface area contributed by atoms with Crippen molar-refractivity contribution in [2.75, 3.05) is 45.8 Å². The number of likely N-dealkylation sites (N-methyl/N-ethyl adjacent to an activating group) is 2. The zero-order valence-corrected chi connectivity index (χ0v) is 11.8. The van der Waals surface area contributed by atoms with Gasteiger partial charge in [-0.05, 0) is 24.1 Å². The van der Waals surface area contributed by atoms with Crippen molar-refractivity contribution < 1.29 is 14.6 Å². The lowest BCUT2D eigenvalue weighted by Gasteiger charge is -2.19. The molecule has 5 nitrogen and oxygen atoms in total. The number of hydrogen-bond donors (Lipinski definition) is 1. The van der Waals surface area contributed by atoms with Gasteiger partial charge in [-0.25, -0.2) is 4.79 Å². The molecule has 0 unspecified atom stereocenters. The van der Waals surface area contributed by atoms with Crippen LogP contribution in [0.3, 0.4) is 0 Å². The van der Waals surface area contributed by atoms with E-state index in [1.807, 2.05) is 31.3 Å². The summed E-state index contributed by atoms with van der Waals surface area (Å²) >= 11 is 0. The van der Waals surface area contributed by atoms with Crippen molar-refractivity contribution in [3.8, 4) is 0 Å². The predicted molar refractivity (Wildman–Crippen MR) is 75.9 cm³/mol. The standard InChI is InChI=1S/C14H22N2O3/c1-15(10-11-19-3)13-6-4-12(5-7-13)8-9-16(2)14(17)18/h4-7H,8-11H2,1-3H3,(H,17,18). The molecule has 106 valence electrons. The second-order valence-corrected chi connectivity index (χ2v) is 4.53. The van der Waals surface area contributed by atoms with Gasteiger partial charge in [0.1, 0.15) is 0 Å². The Labute approximate surface area is 114 Å². The molecule has 0 saturated heterocycles. The highest BCUT2D eigenvalue weighted by molar-refractivity contribution is 5.64. The average Bonchev–Trinajstić information content (AvgIpc) is 2.42. The summed E-state index contributed by atoms with van der Waals surface area (Å²) in [7, 11) is 5.29. The van der Waals surface area contributed by atoms with Gasteiger partial charge >= 0.3 is 6.09 Å². The molecule has 1 aromatic carbocycles. The normalized spacial score (nSPS) is 10.3. The van der Waals surface area contributed by atoms with Crippen molar-refractivity contribution in [2.24, 2.45) is 0 Å². The quantitative estimate of drug-likeness (QED) is 0.819. The Bertz CT molecular complexity index is 392. The summed E-state index contributed by atoms with van der Waals surface area (Å²) in [6.07, 6.45) is -0.166. The number of rotatable bonds is 7. The van der Waals surface area contributed by atoms with Crippen molar-refractivity contribution in [3.63, 3.8) is 0 Å². The summed E-state index contributed by atoms with van der Waals surface area (Å²) in [4.78, 5) is 14.1. The molecule has 0 spiro atoms. The van der Waals surface area contributed by atoms with Crippen LogP contribution in [0.1, 0.15) is 5.56 Å². The summed E-state index contributed by atoms with van der Waals surface area (Å²) < 4.78 is 5.04. The summed E-state index contributed by atoms with van der Waals surface area (Å²) in [6, 6.07) is 8.17. The van der Waals surface area contributed by atoms with Crippen LogP contribution in [0, 0.1) is 0 Å². The minimum atomic E-state index is -0.893. The molecule has 0 aliphatic rings. The zero-order valence-electron chi connectivity index (χ0n) is 11.8. The number of benzene rings is 1. The van der Waals surface area contributed by atoms with Crippen LogP contribution in [0.5, 0.6) is 0 Å². The van der Waals surface area contributed by atoms with Crippen molar-refractivity contribution in [1.82, 2.24) is 4.90 Å². The molecule has 0 aromatic heterocycles. The summed E-state index contributed by atoms with van der Waals surface area (Å²) in [6.45, 7) is 2.05. The highest BCUT2D eigenvalue weighted by atomic mass is 16.5. The van der Waals surface area contributed by atoms with Gasteiger partial charge in [0.2, 0.25) is 0 Å². The van der Waals surface area contributed by atoms with Gasteiger partial charge in [0.05, 0.1) is 6.61 Å². The van der Waals surface area contributed by atoms with E-state index >= 15 is 0 Å². The minimum Gasteiger partial charge on any atom is -0.465 e. The van der Waals surface area contributed by atoms with E-state index in [2.05, 4.69) is 4.90 Å². The Balaban J connectivity index is 2.49. The Hall–Kier alpha value is -1.75. The van der Waals surface area contributed by atoms with Crippen molar-refractivity contribution in [3.05, 3.63) is 29.8 Å². The predicted octanol–water partition coefficient (Wildman–Crippen LogP) is 1.92. The molecule has 1 rings (SSSR count). The molecule has 0 fully saturated rings. The van der Waals surface area contributed by atoms with Crippen molar-refractivity contribution in [2.45, 2.75) is 6.42 Å². The van der Waals surface area contributed by atoms with Crippen LogP contribution in [0.2, 0.25) is 0 Å². The van der Waals surface area contributed by atoms with E-state index in [0.717, 1.165) is 24.2 Å². The lowest BCUT2D eigenvalue weighted by Crippen LogP contribution is -2.26. The van der Waals surface area contributed by atoms with E-state index < -0.39 is 6.09 Å². The molecule has 0 saturated carbocycles. The topological polar surface area (TPSA) is 53.0 Å². The Morgan fingerprint density at radius 1 is 1.21 bits per heavy atom. The number of amides is 1. The fourth-order valence-electron chi connectivity index (χ4n) is 1.67. The van der Waals surface area contributed by atoms with E-state index in [-0.39, 0.29) is 0 Å². The van der Waals surface area contributed by atoms with Gasteiger partial charge in [-0.15, -0.1) is 0 Å². The third-order valence-corrected chi connectivity index (χ3v) is 3.07. The van der Waals surface area contributed by atoms with Crippen LogP contribution in [0.4, 0.5) is 10.5 Å². The largest absolute Gasteiger partial charge is 0.465 e. The van der Waals surface area contributed by atoms with Crippen molar-refractivity contribution >= 4 is 11.8 Å². The maximum Gasteiger partial charge on any atom is 0.407 e. The number of ether oxygens (including phenoxy) is 1. The van der Waals surface area contributed by atoms with Crippen LogP contribution < -0.4 is 4.90 Å². The third kappa shape index (κ3) is 5.18. The van der Waals surface area contributed by atoms with Gasteiger partial charge in [0, 0.05) is 40.0 Å². The molecular formula is C14H22N2O3. The summed E-state index contributed by atoms with van der Waals surface area (Å²) in [5.41, 5.74) is 2.27. The highest BCUT2D eigenvalue weighted by Gasteiger charge is 2.05. The minimum absolute atomic E-state index is 0.508. The molecule has 1 amide bonds. The fourth-order valence-corrected chi connectivity index (χ4v) is 1.67. The molecule has 1 N–H and O–H groups in total. The monoisotopic (exact) mass is 266 g/mol. The van der Waals surface area contributed by atoms with Crippen molar-refractivity contribution in [1.29, 1.82) is 0 Å². The van der Waals surface area contributed by atoms with Gasteiger partial charge in [0.15, 0.2) is 0 Å². The van der Waals surface area contributed by atoms with Gasteiger partial charge in [-0.2, -0.15) is 0 Å². The SMILES string of the molecule is COCCN(C)c1ccc(CCN(C)C(=O)O)cc1. The second-order valence-electron chi connectivity index (χ2n) is 4.53. The number of methoxy groups -OCH3 is 1.